The van der Waals surface area contributed by atoms with Gasteiger partial charge in [0.2, 0.25) is 11.8 Å². The minimum atomic E-state index is -0.0178. The molecule has 0 atom stereocenters. The summed E-state index contributed by atoms with van der Waals surface area (Å²) in [5, 5.41) is 0. The number of hydrogen-bond acceptors (Lipinski definition) is 4. The molecule has 1 aromatic heterocycles. The average Bonchev–Trinajstić information content (AvgIpc) is 2.96. The zero-order chi connectivity index (χ0) is 17.6. The topological polar surface area (TPSA) is 62.7 Å². The maximum Gasteiger partial charge on any atom is 0.255 e. The summed E-state index contributed by atoms with van der Waals surface area (Å²) in [5.41, 5.74) is 0.568. The first-order valence-electron chi connectivity index (χ1n) is 9.27. The second-order valence-corrected chi connectivity index (χ2v) is 6.90. The van der Waals surface area contributed by atoms with Crippen LogP contribution in [0, 0.1) is 5.92 Å². The summed E-state index contributed by atoms with van der Waals surface area (Å²) in [6, 6.07) is 3.44. The fourth-order valence-corrected chi connectivity index (χ4v) is 3.69. The van der Waals surface area contributed by atoms with Crippen molar-refractivity contribution in [2.45, 2.75) is 38.5 Å². The molecule has 0 aliphatic carbocycles. The van der Waals surface area contributed by atoms with Crippen molar-refractivity contribution >= 4 is 11.8 Å². The zero-order valence-corrected chi connectivity index (χ0v) is 14.9. The van der Waals surface area contributed by atoms with E-state index in [0.29, 0.717) is 30.4 Å². The predicted molar refractivity (Wildman–Crippen MR) is 94.5 cm³/mol. The number of likely N-dealkylation sites (tertiary alicyclic amines) is 2. The molecular formula is C19H27N3O3. The molecule has 2 aliphatic heterocycles. The van der Waals surface area contributed by atoms with Crippen molar-refractivity contribution in [1.82, 2.24) is 14.8 Å². The van der Waals surface area contributed by atoms with Gasteiger partial charge in [0.05, 0.1) is 12.7 Å². The van der Waals surface area contributed by atoms with Crippen molar-refractivity contribution in [3.05, 3.63) is 23.9 Å². The van der Waals surface area contributed by atoms with Crippen LogP contribution < -0.4 is 4.74 Å². The predicted octanol–water partition coefficient (Wildman–Crippen LogP) is 2.35. The van der Waals surface area contributed by atoms with E-state index < -0.39 is 0 Å². The third-order valence-corrected chi connectivity index (χ3v) is 5.24. The van der Waals surface area contributed by atoms with E-state index in [1.165, 1.54) is 12.8 Å². The monoisotopic (exact) mass is 345 g/mol. The van der Waals surface area contributed by atoms with Crippen LogP contribution in [0.5, 0.6) is 5.88 Å². The summed E-state index contributed by atoms with van der Waals surface area (Å²) in [5.74, 6) is 0.838. The highest BCUT2D eigenvalue weighted by molar-refractivity contribution is 5.94. The van der Waals surface area contributed by atoms with Crippen LogP contribution in [0.25, 0.3) is 0 Å². The third kappa shape index (κ3) is 4.30. The number of carbonyl (C=O) groups excluding carboxylic acids is 2. The molecular weight excluding hydrogens is 318 g/mol. The Bertz CT molecular complexity index is 586. The van der Waals surface area contributed by atoms with Crippen LogP contribution in [0.1, 0.15) is 48.9 Å². The molecule has 2 saturated heterocycles. The highest BCUT2D eigenvalue weighted by Gasteiger charge is 2.30. The fourth-order valence-electron chi connectivity index (χ4n) is 3.69. The van der Waals surface area contributed by atoms with E-state index in [1.807, 2.05) is 9.80 Å². The lowest BCUT2D eigenvalue weighted by molar-refractivity contribution is -0.136. The minimum Gasteiger partial charge on any atom is -0.481 e. The van der Waals surface area contributed by atoms with Crippen LogP contribution in [0.4, 0.5) is 0 Å². The van der Waals surface area contributed by atoms with E-state index in [0.717, 1.165) is 38.8 Å². The van der Waals surface area contributed by atoms with Gasteiger partial charge in [-0.2, -0.15) is 0 Å². The number of carbonyl (C=O) groups is 2. The average molecular weight is 345 g/mol. The molecule has 0 bridgehead atoms. The Balaban J connectivity index is 1.53. The molecule has 0 aromatic carbocycles. The second kappa shape index (κ2) is 8.32. The van der Waals surface area contributed by atoms with Gasteiger partial charge in [0.25, 0.3) is 5.91 Å². The molecule has 0 saturated carbocycles. The fraction of sp³-hybridized carbons (Fsp3) is 0.632. The van der Waals surface area contributed by atoms with Gasteiger partial charge in [-0.05, 0) is 31.7 Å². The van der Waals surface area contributed by atoms with Gasteiger partial charge < -0.3 is 14.5 Å². The van der Waals surface area contributed by atoms with E-state index in [-0.39, 0.29) is 11.8 Å². The summed E-state index contributed by atoms with van der Waals surface area (Å²) in [6.07, 6.45) is 7.76. The maximum absolute atomic E-state index is 12.7. The Morgan fingerprint density at radius 2 is 1.68 bits per heavy atom. The Labute approximate surface area is 149 Å². The Kier molecular flexibility index (Phi) is 5.89. The molecule has 3 heterocycles. The van der Waals surface area contributed by atoms with Gasteiger partial charge in [-0.25, -0.2) is 4.98 Å². The van der Waals surface area contributed by atoms with Crippen LogP contribution >= 0.6 is 0 Å². The summed E-state index contributed by atoms with van der Waals surface area (Å²) in [6.45, 7) is 3.06. The molecule has 6 nitrogen and oxygen atoms in total. The van der Waals surface area contributed by atoms with Crippen LogP contribution in [0.2, 0.25) is 0 Å². The molecule has 0 unspecified atom stereocenters. The molecule has 6 heteroatoms. The third-order valence-electron chi connectivity index (χ3n) is 5.24. The number of hydrogen-bond donors (Lipinski definition) is 0. The van der Waals surface area contributed by atoms with E-state index in [1.54, 1.807) is 25.4 Å². The van der Waals surface area contributed by atoms with Gasteiger partial charge in [0.15, 0.2) is 0 Å². The molecule has 0 spiro atoms. The lowest BCUT2D eigenvalue weighted by Gasteiger charge is -2.34. The van der Waals surface area contributed by atoms with Gasteiger partial charge in [-0.1, -0.05) is 12.8 Å². The van der Waals surface area contributed by atoms with Crippen LogP contribution in [-0.4, -0.2) is 59.9 Å². The largest absolute Gasteiger partial charge is 0.481 e. The Morgan fingerprint density at radius 3 is 2.24 bits per heavy atom. The quantitative estimate of drug-likeness (QED) is 0.844. The maximum atomic E-state index is 12.7. The molecule has 0 N–H and O–H groups in total. The standard InChI is InChI=1S/C19H27N3O3/c1-25-17-7-6-16(14-20-17)19(24)22-12-8-15(9-13-22)18(23)21-10-4-2-3-5-11-21/h6-7,14-15H,2-5,8-13H2,1H3. The number of ether oxygens (including phenoxy) is 1. The number of methoxy groups -OCH3 is 1. The number of aromatic nitrogens is 1. The first-order chi connectivity index (χ1) is 12.2. The Morgan fingerprint density at radius 1 is 1.00 bits per heavy atom. The molecule has 2 aliphatic rings. The smallest absolute Gasteiger partial charge is 0.255 e. The summed E-state index contributed by atoms with van der Waals surface area (Å²) in [4.78, 5) is 33.3. The molecule has 3 rings (SSSR count). The zero-order valence-electron chi connectivity index (χ0n) is 14.9. The van der Waals surface area contributed by atoms with Crippen LogP contribution in [0.3, 0.4) is 0 Å². The van der Waals surface area contributed by atoms with Gasteiger partial charge >= 0.3 is 0 Å². The van der Waals surface area contributed by atoms with Crippen molar-refractivity contribution in [2.75, 3.05) is 33.3 Å². The number of piperidine rings is 1. The molecule has 136 valence electrons. The Hall–Kier alpha value is -2.11. The first kappa shape index (κ1) is 17.7. The molecule has 1 aromatic rings. The number of pyridine rings is 1. The van der Waals surface area contributed by atoms with Crippen LogP contribution in [-0.2, 0) is 4.79 Å². The van der Waals surface area contributed by atoms with Crippen molar-refractivity contribution in [3.63, 3.8) is 0 Å². The number of amides is 2. The van der Waals surface area contributed by atoms with Crippen molar-refractivity contribution in [2.24, 2.45) is 5.92 Å². The van der Waals surface area contributed by atoms with E-state index in [2.05, 4.69) is 4.98 Å². The van der Waals surface area contributed by atoms with Crippen molar-refractivity contribution in [1.29, 1.82) is 0 Å². The van der Waals surface area contributed by atoms with E-state index >= 15 is 0 Å². The van der Waals surface area contributed by atoms with Gasteiger partial charge in [-0.3, -0.25) is 9.59 Å². The van der Waals surface area contributed by atoms with E-state index in [9.17, 15) is 9.59 Å². The SMILES string of the molecule is COc1ccc(C(=O)N2CCC(C(=O)N3CCCCCC3)CC2)cn1. The van der Waals surface area contributed by atoms with Gasteiger partial charge in [0.1, 0.15) is 0 Å². The van der Waals surface area contributed by atoms with Crippen molar-refractivity contribution in [3.8, 4) is 5.88 Å². The van der Waals surface area contributed by atoms with Crippen molar-refractivity contribution < 1.29 is 14.3 Å². The minimum absolute atomic E-state index is 0.0178. The highest BCUT2D eigenvalue weighted by Crippen LogP contribution is 2.23. The van der Waals surface area contributed by atoms with E-state index in [4.69, 9.17) is 4.74 Å². The van der Waals surface area contributed by atoms with Gasteiger partial charge in [-0.15, -0.1) is 0 Å². The number of rotatable bonds is 3. The van der Waals surface area contributed by atoms with Crippen LogP contribution in [0.15, 0.2) is 18.3 Å². The molecule has 2 amide bonds. The summed E-state index contributed by atoms with van der Waals surface area (Å²) < 4.78 is 5.02. The molecule has 2 fully saturated rings. The van der Waals surface area contributed by atoms with Gasteiger partial charge in [0, 0.05) is 44.4 Å². The number of nitrogens with zero attached hydrogens (tertiary/aromatic N) is 3. The lowest BCUT2D eigenvalue weighted by atomic mass is 9.94. The normalized spacial score (nSPS) is 19.4. The summed E-state index contributed by atoms with van der Waals surface area (Å²) >= 11 is 0. The molecule has 0 radical (unpaired) electrons. The molecule has 25 heavy (non-hydrogen) atoms. The highest BCUT2D eigenvalue weighted by atomic mass is 16.5. The summed E-state index contributed by atoms with van der Waals surface area (Å²) in [7, 11) is 1.55. The first-order valence-corrected chi connectivity index (χ1v) is 9.27. The second-order valence-electron chi connectivity index (χ2n) is 6.90. The lowest BCUT2D eigenvalue weighted by Crippen LogP contribution is -2.44.